The molecule has 0 bridgehead atoms. The molecule has 5 N–H and O–H groups in total. The summed E-state index contributed by atoms with van der Waals surface area (Å²) in [4.78, 5) is 31.2. The predicted octanol–water partition coefficient (Wildman–Crippen LogP) is 1.11. The van der Waals surface area contributed by atoms with Crippen molar-refractivity contribution in [3.63, 3.8) is 0 Å². The van der Waals surface area contributed by atoms with Crippen molar-refractivity contribution in [2.24, 2.45) is 10.7 Å². The molecule has 116 valence electrons. The van der Waals surface area contributed by atoms with Crippen LogP contribution in [0.4, 0.5) is 0 Å². The number of H-pyrrole nitrogens is 1. The normalized spacial score (nSPS) is 20.8. The van der Waals surface area contributed by atoms with E-state index in [4.69, 9.17) is 17.3 Å². The lowest BCUT2D eigenvalue weighted by molar-refractivity contribution is -0.114. The number of guanidine groups is 1. The average Bonchev–Trinajstić information content (AvgIpc) is 2.98. The molecule has 0 atom stereocenters. The molecule has 3 heterocycles. The zero-order valence-corrected chi connectivity index (χ0v) is 12.6. The summed E-state index contributed by atoms with van der Waals surface area (Å²) in [5, 5.41) is 6.94. The van der Waals surface area contributed by atoms with Gasteiger partial charge < -0.3 is 21.4 Å². The minimum atomic E-state index is -0.436. The number of aliphatic imine (C=N–C) groups is 1. The van der Waals surface area contributed by atoms with Crippen molar-refractivity contribution in [2.75, 3.05) is 6.54 Å². The van der Waals surface area contributed by atoms with E-state index in [-0.39, 0.29) is 11.9 Å². The van der Waals surface area contributed by atoms with Crippen molar-refractivity contribution >= 4 is 45.9 Å². The number of nitrogens with two attached hydrogens (primary N) is 1. The molecule has 2 aromatic rings. The zero-order valence-electron chi connectivity index (χ0n) is 11.9. The number of amides is 2. The van der Waals surface area contributed by atoms with Crippen LogP contribution in [0.2, 0.25) is 5.02 Å². The molecule has 23 heavy (non-hydrogen) atoms. The first-order valence-electron chi connectivity index (χ1n) is 7.03. The largest absolute Gasteiger partial charge is 0.369 e. The van der Waals surface area contributed by atoms with E-state index in [0.717, 1.165) is 10.9 Å². The Balaban J connectivity index is 2.05. The summed E-state index contributed by atoms with van der Waals surface area (Å²) < 4.78 is 0. The van der Waals surface area contributed by atoms with Gasteiger partial charge in [0.2, 0.25) is 5.96 Å². The Morgan fingerprint density at radius 1 is 1.26 bits per heavy atom. The van der Waals surface area contributed by atoms with Gasteiger partial charge in [-0.25, -0.2) is 0 Å². The lowest BCUT2D eigenvalue weighted by Crippen LogP contribution is -2.26. The fraction of sp³-hybridized carbons (Fsp3) is 0.133. The molecule has 1 aromatic heterocycles. The Bertz CT molecular complexity index is 941. The minimum Gasteiger partial charge on any atom is -0.369 e. The Hall–Kier alpha value is -2.80. The van der Waals surface area contributed by atoms with Gasteiger partial charge in [0.05, 0.1) is 0 Å². The van der Waals surface area contributed by atoms with Gasteiger partial charge in [0.25, 0.3) is 11.8 Å². The summed E-state index contributed by atoms with van der Waals surface area (Å²) in [5.41, 5.74) is 8.44. The molecule has 7 nitrogen and oxygen atoms in total. The highest BCUT2D eigenvalue weighted by Crippen LogP contribution is 2.35. The van der Waals surface area contributed by atoms with Crippen LogP contribution in [0.25, 0.3) is 16.5 Å². The standard InChI is InChI=1S/C15H12ClN5O2/c16-6-1-2-9-8(5-6)10-7(11-14(23)21-15(17)20-11)3-4-18-13(22)12(10)19-9/h1-2,5,19H,3-4H2,(H,18,22)(H3,17,20,21,23)/b11-7-. The molecule has 4 rings (SSSR count). The maximum absolute atomic E-state index is 12.3. The lowest BCUT2D eigenvalue weighted by Gasteiger charge is -2.09. The van der Waals surface area contributed by atoms with Gasteiger partial charge in [-0.1, -0.05) is 11.6 Å². The summed E-state index contributed by atoms with van der Waals surface area (Å²) in [5.74, 6) is -0.600. The molecule has 0 radical (unpaired) electrons. The zero-order chi connectivity index (χ0) is 16.1. The molecule has 1 aromatic carbocycles. The van der Waals surface area contributed by atoms with Crippen molar-refractivity contribution in [1.82, 2.24) is 15.6 Å². The molecule has 2 aliphatic rings. The number of aromatic nitrogens is 1. The first-order valence-corrected chi connectivity index (χ1v) is 7.41. The van der Waals surface area contributed by atoms with Crippen LogP contribution in [-0.4, -0.2) is 29.3 Å². The monoisotopic (exact) mass is 329 g/mol. The lowest BCUT2D eigenvalue weighted by atomic mass is 9.97. The number of aromatic amines is 1. The third-order valence-corrected chi connectivity index (χ3v) is 4.18. The van der Waals surface area contributed by atoms with E-state index in [0.29, 0.717) is 40.5 Å². The van der Waals surface area contributed by atoms with E-state index in [1.165, 1.54) is 0 Å². The summed E-state index contributed by atoms with van der Waals surface area (Å²) >= 11 is 6.10. The highest BCUT2D eigenvalue weighted by atomic mass is 35.5. The van der Waals surface area contributed by atoms with E-state index >= 15 is 0 Å². The van der Waals surface area contributed by atoms with Crippen molar-refractivity contribution in [1.29, 1.82) is 0 Å². The number of hydrogen-bond donors (Lipinski definition) is 4. The van der Waals surface area contributed by atoms with Gasteiger partial charge in [-0.3, -0.25) is 9.59 Å². The van der Waals surface area contributed by atoms with Gasteiger partial charge in [-0.05, 0) is 30.2 Å². The van der Waals surface area contributed by atoms with Crippen LogP contribution in [0.3, 0.4) is 0 Å². The average molecular weight is 330 g/mol. The fourth-order valence-electron chi connectivity index (χ4n) is 2.99. The molecule has 2 aliphatic heterocycles. The fourth-order valence-corrected chi connectivity index (χ4v) is 3.16. The first-order chi connectivity index (χ1) is 11.0. The summed E-state index contributed by atoms with van der Waals surface area (Å²) in [6, 6.07) is 5.32. The summed E-state index contributed by atoms with van der Waals surface area (Å²) in [6.45, 7) is 0.414. The van der Waals surface area contributed by atoms with E-state index in [9.17, 15) is 9.59 Å². The van der Waals surface area contributed by atoms with E-state index < -0.39 is 5.91 Å². The maximum atomic E-state index is 12.3. The second kappa shape index (κ2) is 4.85. The molecular formula is C15H12ClN5O2. The number of fused-ring (bicyclic) bond motifs is 3. The number of nitrogens with one attached hydrogen (secondary N) is 3. The van der Waals surface area contributed by atoms with Crippen molar-refractivity contribution in [2.45, 2.75) is 6.42 Å². The molecule has 0 aliphatic carbocycles. The third-order valence-electron chi connectivity index (χ3n) is 3.94. The Morgan fingerprint density at radius 2 is 2.09 bits per heavy atom. The first kappa shape index (κ1) is 13.8. The number of carbonyl (C=O) groups is 2. The highest BCUT2D eigenvalue weighted by Gasteiger charge is 2.30. The van der Waals surface area contributed by atoms with Crippen LogP contribution >= 0.6 is 11.6 Å². The SMILES string of the molecule is NC1=NC(=O)/C(=C2\CCNC(=O)c3[nH]c4ccc(Cl)cc4c32)N1. The molecule has 8 heteroatoms. The smallest absolute Gasteiger partial charge is 0.296 e. The molecule has 0 fully saturated rings. The van der Waals surface area contributed by atoms with Crippen LogP contribution in [0.1, 0.15) is 22.5 Å². The van der Waals surface area contributed by atoms with E-state index in [2.05, 4.69) is 20.6 Å². The van der Waals surface area contributed by atoms with Crippen molar-refractivity contribution in [3.8, 4) is 0 Å². The van der Waals surface area contributed by atoms with Crippen LogP contribution in [0.5, 0.6) is 0 Å². The Kier molecular flexibility index (Phi) is 2.92. The molecule has 0 saturated carbocycles. The maximum Gasteiger partial charge on any atom is 0.296 e. The number of nitrogens with zero attached hydrogens (tertiary/aromatic N) is 1. The van der Waals surface area contributed by atoms with Crippen molar-refractivity contribution in [3.05, 3.63) is 40.2 Å². The molecular weight excluding hydrogens is 318 g/mol. The quantitative estimate of drug-likeness (QED) is 0.542. The minimum absolute atomic E-state index is 0.0560. The van der Waals surface area contributed by atoms with E-state index in [1.807, 2.05) is 0 Å². The number of carbonyl (C=O) groups excluding carboxylic acids is 2. The highest BCUT2D eigenvalue weighted by molar-refractivity contribution is 6.31. The van der Waals surface area contributed by atoms with Crippen LogP contribution in [0, 0.1) is 0 Å². The van der Waals surface area contributed by atoms with Crippen molar-refractivity contribution < 1.29 is 9.59 Å². The molecule has 0 unspecified atom stereocenters. The summed E-state index contributed by atoms with van der Waals surface area (Å²) in [7, 11) is 0. The number of hydrogen-bond acceptors (Lipinski definition) is 4. The van der Waals surface area contributed by atoms with Crippen LogP contribution < -0.4 is 16.4 Å². The van der Waals surface area contributed by atoms with E-state index in [1.54, 1.807) is 18.2 Å². The van der Waals surface area contributed by atoms with Gasteiger partial charge in [0.15, 0.2) is 0 Å². The van der Waals surface area contributed by atoms with Gasteiger partial charge in [-0.2, -0.15) is 4.99 Å². The predicted molar refractivity (Wildman–Crippen MR) is 86.9 cm³/mol. The van der Waals surface area contributed by atoms with Crippen LogP contribution in [-0.2, 0) is 4.79 Å². The Labute approximate surface area is 135 Å². The second-order valence-electron chi connectivity index (χ2n) is 5.35. The Morgan fingerprint density at radius 3 is 2.83 bits per heavy atom. The molecule has 2 amide bonds. The molecule has 0 saturated heterocycles. The summed E-state index contributed by atoms with van der Waals surface area (Å²) in [6.07, 6.45) is 0.481. The second-order valence-corrected chi connectivity index (χ2v) is 5.79. The van der Waals surface area contributed by atoms with Crippen LogP contribution in [0.15, 0.2) is 28.9 Å². The van der Waals surface area contributed by atoms with Gasteiger partial charge in [-0.15, -0.1) is 0 Å². The number of halogens is 1. The van der Waals surface area contributed by atoms with Gasteiger partial charge in [0, 0.05) is 28.0 Å². The molecule has 0 spiro atoms. The number of benzene rings is 1. The number of rotatable bonds is 0. The van der Waals surface area contributed by atoms with Gasteiger partial charge in [0.1, 0.15) is 11.4 Å². The topological polar surface area (TPSA) is 112 Å². The third kappa shape index (κ3) is 2.08. The van der Waals surface area contributed by atoms with Gasteiger partial charge >= 0.3 is 0 Å².